The average Bonchev–Trinajstić information content (AvgIpc) is 3.12. The van der Waals surface area contributed by atoms with Crippen molar-refractivity contribution in [3.8, 4) is 0 Å². The summed E-state index contributed by atoms with van der Waals surface area (Å²) in [5, 5.41) is 3.59. The number of aromatic amines is 1. The molecule has 2 N–H and O–H groups in total. The lowest BCUT2D eigenvalue weighted by atomic mass is 9.96. The van der Waals surface area contributed by atoms with Crippen LogP contribution >= 0.6 is 0 Å². The van der Waals surface area contributed by atoms with Gasteiger partial charge in [-0.3, -0.25) is 9.59 Å². The first-order valence-corrected chi connectivity index (χ1v) is 9.91. The standard InChI is InChI=1S/C23H24FN3O2/c1-3-15-4-6-16(7-5-15)14(2)23(29)27-12-19(13-27)25-22(28)21-11-17-10-18(24)8-9-20(17)26-21/h4-11,14,19,26H,3,12-13H2,1-2H3,(H,25,28). The molecule has 150 valence electrons. The molecule has 1 saturated heterocycles. The van der Waals surface area contributed by atoms with Gasteiger partial charge in [0, 0.05) is 24.0 Å². The van der Waals surface area contributed by atoms with Crippen molar-refractivity contribution in [3.05, 3.63) is 71.2 Å². The number of H-pyrrole nitrogens is 1. The Kier molecular flexibility index (Phi) is 5.09. The summed E-state index contributed by atoms with van der Waals surface area (Å²) < 4.78 is 13.3. The molecule has 1 unspecified atom stereocenters. The molecule has 0 spiro atoms. The van der Waals surface area contributed by atoms with Gasteiger partial charge in [-0.2, -0.15) is 0 Å². The number of fused-ring (bicyclic) bond motifs is 1. The van der Waals surface area contributed by atoms with E-state index in [0.717, 1.165) is 12.0 Å². The molecule has 2 amide bonds. The van der Waals surface area contributed by atoms with Gasteiger partial charge in [-0.15, -0.1) is 0 Å². The van der Waals surface area contributed by atoms with Crippen LogP contribution in [0.5, 0.6) is 0 Å². The highest BCUT2D eigenvalue weighted by molar-refractivity contribution is 5.98. The first kappa shape index (κ1) is 19.2. The third-order valence-corrected chi connectivity index (χ3v) is 5.61. The van der Waals surface area contributed by atoms with Gasteiger partial charge in [-0.25, -0.2) is 4.39 Å². The predicted molar refractivity (Wildman–Crippen MR) is 110 cm³/mol. The van der Waals surface area contributed by atoms with Crippen molar-refractivity contribution in [3.63, 3.8) is 0 Å². The lowest BCUT2D eigenvalue weighted by Gasteiger charge is -2.40. The normalized spacial score (nSPS) is 15.2. The Labute approximate surface area is 168 Å². The molecule has 5 nitrogen and oxygen atoms in total. The molecule has 1 atom stereocenters. The molecule has 1 aliphatic heterocycles. The summed E-state index contributed by atoms with van der Waals surface area (Å²) in [4.78, 5) is 29.9. The number of halogens is 1. The third-order valence-electron chi connectivity index (χ3n) is 5.61. The zero-order chi connectivity index (χ0) is 20.5. The first-order chi connectivity index (χ1) is 13.9. The summed E-state index contributed by atoms with van der Waals surface area (Å²) in [6, 6.07) is 14.1. The molecule has 1 aliphatic rings. The molecule has 4 rings (SSSR count). The maximum Gasteiger partial charge on any atom is 0.268 e. The molecule has 0 saturated carbocycles. The number of benzene rings is 2. The summed E-state index contributed by atoms with van der Waals surface area (Å²) in [7, 11) is 0. The molecule has 1 aromatic heterocycles. The fraction of sp³-hybridized carbons (Fsp3) is 0.304. The van der Waals surface area contributed by atoms with Crippen LogP contribution < -0.4 is 5.32 Å². The Morgan fingerprint density at radius 3 is 2.59 bits per heavy atom. The molecule has 1 fully saturated rings. The number of carbonyl (C=O) groups excluding carboxylic acids is 2. The van der Waals surface area contributed by atoms with Crippen LogP contribution in [0.4, 0.5) is 4.39 Å². The van der Waals surface area contributed by atoms with E-state index < -0.39 is 0 Å². The third kappa shape index (κ3) is 3.88. The molecule has 2 heterocycles. The van der Waals surface area contributed by atoms with Crippen molar-refractivity contribution in [2.75, 3.05) is 13.1 Å². The quantitative estimate of drug-likeness (QED) is 0.695. The maximum absolute atomic E-state index is 13.3. The van der Waals surface area contributed by atoms with E-state index in [9.17, 15) is 14.0 Å². The van der Waals surface area contributed by atoms with Crippen LogP contribution in [0.15, 0.2) is 48.5 Å². The van der Waals surface area contributed by atoms with Gasteiger partial charge in [0.15, 0.2) is 0 Å². The van der Waals surface area contributed by atoms with E-state index in [1.165, 1.54) is 17.7 Å². The average molecular weight is 393 g/mol. The van der Waals surface area contributed by atoms with Crippen molar-refractivity contribution in [2.45, 2.75) is 32.2 Å². The Bertz CT molecular complexity index is 1050. The number of amides is 2. The highest BCUT2D eigenvalue weighted by Gasteiger charge is 2.34. The van der Waals surface area contributed by atoms with Crippen LogP contribution in [0.2, 0.25) is 0 Å². The zero-order valence-electron chi connectivity index (χ0n) is 16.5. The minimum atomic E-state index is -0.338. The molecule has 0 bridgehead atoms. The molecule has 6 heteroatoms. The van der Waals surface area contributed by atoms with Crippen LogP contribution in [0.25, 0.3) is 10.9 Å². The number of aromatic nitrogens is 1. The number of hydrogen-bond acceptors (Lipinski definition) is 2. The summed E-state index contributed by atoms with van der Waals surface area (Å²) in [5.41, 5.74) is 3.36. The number of carbonyl (C=O) groups is 2. The predicted octanol–water partition coefficient (Wildman–Crippen LogP) is 3.61. The van der Waals surface area contributed by atoms with Gasteiger partial charge >= 0.3 is 0 Å². The Hall–Kier alpha value is -3.15. The first-order valence-electron chi connectivity index (χ1n) is 9.91. The second-order valence-corrected chi connectivity index (χ2v) is 7.65. The second-order valence-electron chi connectivity index (χ2n) is 7.65. The van der Waals surface area contributed by atoms with E-state index in [1.807, 2.05) is 19.1 Å². The van der Waals surface area contributed by atoms with Gasteiger partial charge in [0.2, 0.25) is 5.91 Å². The maximum atomic E-state index is 13.3. The van der Waals surface area contributed by atoms with Gasteiger partial charge in [0.25, 0.3) is 5.91 Å². The Morgan fingerprint density at radius 1 is 1.17 bits per heavy atom. The topological polar surface area (TPSA) is 65.2 Å². The summed E-state index contributed by atoms with van der Waals surface area (Å²) in [6.45, 7) is 5.01. The summed E-state index contributed by atoms with van der Waals surface area (Å²) >= 11 is 0. The number of aryl methyl sites for hydroxylation is 1. The molecule has 0 aliphatic carbocycles. The minimum absolute atomic E-state index is 0.0702. The molecular weight excluding hydrogens is 369 g/mol. The molecule has 29 heavy (non-hydrogen) atoms. The van der Waals surface area contributed by atoms with E-state index in [0.29, 0.717) is 29.7 Å². The van der Waals surface area contributed by atoms with Crippen molar-refractivity contribution >= 4 is 22.7 Å². The van der Waals surface area contributed by atoms with Crippen molar-refractivity contribution in [1.82, 2.24) is 15.2 Å². The largest absolute Gasteiger partial charge is 0.351 e. The molecule has 2 aromatic carbocycles. The highest BCUT2D eigenvalue weighted by atomic mass is 19.1. The van der Waals surface area contributed by atoms with E-state index >= 15 is 0 Å². The highest BCUT2D eigenvalue weighted by Crippen LogP contribution is 2.22. The molecular formula is C23H24FN3O2. The Balaban J connectivity index is 1.32. The molecule has 3 aromatic rings. The van der Waals surface area contributed by atoms with Crippen LogP contribution in [0.3, 0.4) is 0 Å². The number of rotatable bonds is 5. The lowest BCUT2D eigenvalue weighted by Crippen LogP contribution is -2.61. The number of nitrogens with one attached hydrogen (secondary N) is 2. The SMILES string of the molecule is CCc1ccc(C(C)C(=O)N2CC(NC(=O)c3cc4cc(F)ccc4[nH]3)C2)cc1. The van der Waals surface area contributed by atoms with Gasteiger partial charge in [0.1, 0.15) is 11.5 Å². The monoisotopic (exact) mass is 393 g/mol. The minimum Gasteiger partial charge on any atom is -0.351 e. The fourth-order valence-corrected chi connectivity index (χ4v) is 3.70. The summed E-state index contributed by atoms with van der Waals surface area (Å²) in [6.07, 6.45) is 0.974. The van der Waals surface area contributed by atoms with E-state index in [1.54, 1.807) is 17.0 Å². The van der Waals surface area contributed by atoms with Crippen molar-refractivity contribution < 1.29 is 14.0 Å². The van der Waals surface area contributed by atoms with Crippen LogP contribution in [-0.2, 0) is 11.2 Å². The Morgan fingerprint density at radius 2 is 1.90 bits per heavy atom. The smallest absolute Gasteiger partial charge is 0.268 e. The van der Waals surface area contributed by atoms with Crippen molar-refractivity contribution in [1.29, 1.82) is 0 Å². The van der Waals surface area contributed by atoms with Gasteiger partial charge in [-0.1, -0.05) is 31.2 Å². The van der Waals surface area contributed by atoms with E-state index in [-0.39, 0.29) is 29.6 Å². The summed E-state index contributed by atoms with van der Waals surface area (Å²) in [5.74, 6) is -0.723. The number of nitrogens with zero attached hydrogens (tertiary/aromatic N) is 1. The lowest BCUT2D eigenvalue weighted by molar-refractivity contribution is -0.137. The van der Waals surface area contributed by atoms with Crippen LogP contribution in [-0.4, -0.2) is 40.8 Å². The zero-order valence-corrected chi connectivity index (χ0v) is 16.5. The number of likely N-dealkylation sites (tertiary alicyclic amines) is 1. The van der Waals surface area contributed by atoms with E-state index in [2.05, 4.69) is 29.4 Å². The van der Waals surface area contributed by atoms with Crippen LogP contribution in [0.1, 0.15) is 41.4 Å². The second kappa shape index (κ2) is 7.70. The fourth-order valence-electron chi connectivity index (χ4n) is 3.70. The number of hydrogen-bond donors (Lipinski definition) is 2. The molecule has 0 radical (unpaired) electrons. The van der Waals surface area contributed by atoms with Gasteiger partial charge < -0.3 is 15.2 Å². The van der Waals surface area contributed by atoms with Crippen LogP contribution in [0, 0.1) is 5.82 Å². The van der Waals surface area contributed by atoms with E-state index in [4.69, 9.17) is 0 Å². The van der Waals surface area contributed by atoms with Gasteiger partial charge in [-0.05, 0) is 48.7 Å². The van der Waals surface area contributed by atoms with Gasteiger partial charge in [0.05, 0.1) is 12.0 Å². The van der Waals surface area contributed by atoms with Crippen molar-refractivity contribution in [2.24, 2.45) is 0 Å².